The number of hydrogen-bond acceptors (Lipinski definition) is 13. The van der Waals surface area contributed by atoms with Gasteiger partial charge in [0.05, 0.1) is 17.2 Å². The van der Waals surface area contributed by atoms with Crippen molar-refractivity contribution in [3.63, 3.8) is 0 Å². The van der Waals surface area contributed by atoms with E-state index in [0.29, 0.717) is 45.0 Å². The summed E-state index contributed by atoms with van der Waals surface area (Å²) in [7, 11) is 1.71. The number of methoxy groups -OCH3 is 1. The van der Waals surface area contributed by atoms with Crippen molar-refractivity contribution in [1.82, 2.24) is 0 Å². The SMILES string of the molecule is C=CCCCCCCC1CCC(OC(=O)c2ccc(/C=C/C(=O)OCc3cc(N)ccc3N)cc2)CC1.COC1CCC(OC(=O)c2ccc(/C=C/C(=O)OCc3cc(N)ccc3N)cc2)CC1. The van der Waals surface area contributed by atoms with E-state index < -0.39 is 11.9 Å². The number of benzene rings is 4. The molecule has 4 aromatic rings. The lowest BCUT2D eigenvalue weighted by Crippen LogP contribution is -2.27. The largest absolute Gasteiger partial charge is 0.459 e. The van der Waals surface area contributed by atoms with Gasteiger partial charge in [-0.05, 0) is 154 Å². The number of unbranched alkanes of at least 4 members (excludes halogenated alkanes) is 4. The third-order valence-corrected chi connectivity index (χ3v) is 12.3. The molecule has 0 aromatic heterocycles. The molecule has 2 fully saturated rings. The Balaban J connectivity index is 0.000000258. The van der Waals surface area contributed by atoms with E-state index in [9.17, 15) is 19.2 Å². The van der Waals surface area contributed by atoms with Gasteiger partial charge in [-0.3, -0.25) is 0 Å². The molecule has 13 heteroatoms. The van der Waals surface area contributed by atoms with Crippen molar-refractivity contribution in [2.45, 2.75) is 121 Å². The molecule has 362 valence electrons. The van der Waals surface area contributed by atoms with E-state index in [0.717, 1.165) is 74.8 Å². The molecule has 0 atom stereocenters. The van der Waals surface area contributed by atoms with Gasteiger partial charge in [0.2, 0.25) is 0 Å². The van der Waals surface area contributed by atoms with Crippen LogP contribution in [-0.4, -0.2) is 49.3 Å². The van der Waals surface area contributed by atoms with E-state index in [-0.39, 0.29) is 43.5 Å². The minimum absolute atomic E-state index is 0.000291. The summed E-state index contributed by atoms with van der Waals surface area (Å²) >= 11 is 0. The average molecular weight is 929 g/mol. The lowest BCUT2D eigenvalue weighted by atomic mass is 9.84. The van der Waals surface area contributed by atoms with Crippen LogP contribution in [0.3, 0.4) is 0 Å². The third kappa shape index (κ3) is 18.1. The monoisotopic (exact) mass is 928 g/mol. The molecule has 0 radical (unpaired) electrons. The summed E-state index contributed by atoms with van der Waals surface area (Å²) < 4.78 is 27.1. The standard InChI is InChI=1S/C31H40N2O4.C24H28N2O5/c1-2-3-4-5-6-7-8-23-11-17-28(18-12-23)37-31(35)25-14-9-24(10-15-25)13-20-30(34)36-22-26-21-27(32)16-19-29(26)33;1-29-20-8-10-21(11-9-20)31-24(28)17-5-2-16(3-6-17)4-13-23(27)30-15-18-14-19(25)7-12-22(18)26/h2,9-10,13-16,19-21,23,28H,1,3-8,11-12,17-18,22,32-33H2;2-7,12-14,20-21H,8-11,15,25-26H2,1H3/b20-13+;13-4+. The fourth-order valence-electron chi connectivity index (χ4n) is 8.12. The Morgan fingerprint density at radius 3 is 1.43 bits per heavy atom. The predicted octanol–water partition coefficient (Wildman–Crippen LogP) is 10.6. The van der Waals surface area contributed by atoms with Gasteiger partial charge in [0, 0.05) is 53.1 Å². The number of rotatable bonds is 20. The number of allylic oxidation sites excluding steroid dienone is 1. The molecule has 2 saturated carbocycles. The number of esters is 4. The van der Waals surface area contributed by atoms with Gasteiger partial charge >= 0.3 is 23.9 Å². The normalized spacial score (nSPS) is 18.0. The van der Waals surface area contributed by atoms with Crippen molar-refractivity contribution in [3.8, 4) is 0 Å². The molecule has 13 nitrogen and oxygen atoms in total. The van der Waals surface area contributed by atoms with Crippen LogP contribution in [0, 0.1) is 5.92 Å². The van der Waals surface area contributed by atoms with Gasteiger partial charge in [-0.1, -0.05) is 56.0 Å². The zero-order chi connectivity index (χ0) is 48.7. The summed E-state index contributed by atoms with van der Waals surface area (Å²) in [6, 6.07) is 24.0. The van der Waals surface area contributed by atoms with Crippen molar-refractivity contribution in [1.29, 1.82) is 0 Å². The smallest absolute Gasteiger partial charge is 0.338 e. The van der Waals surface area contributed by atoms with Crippen molar-refractivity contribution >= 4 is 58.8 Å². The molecule has 4 aromatic carbocycles. The summed E-state index contributed by atoms with van der Waals surface area (Å²) in [6.07, 6.45) is 23.2. The molecule has 0 amide bonds. The second-order valence-electron chi connectivity index (χ2n) is 17.4. The molecule has 0 heterocycles. The highest BCUT2D eigenvalue weighted by Gasteiger charge is 2.25. The zero-order valence-corrected chi connectivity index (χ0v) is 39.3. The Labute approximate surface area is 400 Å². The Kier molecular flexibility index (Phi) is 21.2. The Morgan fingerprint density at radius 2 is 0.985 bits per heavy atom. The molecule has 6 rings (SSSR count). The number of ether oxygens (including phenoxy) is 5. The molecule has 2 aliphatic carbocycles. The first-order valence-corrected chi connectivity index (χ1v) is 23.6. The van der Waals surface area contributed by atoms with E-state index in [1.807, 2.05) is 6.08 Å². The van der Waals surface area contributed by atoms with Gasteiger partial charge in [0.15, 0.2) is 0 Å². The van der Waals surface area contributed by atoms with Crippen molar-refractivity contribution < 1.29 is 42.9 Å². The Bertz CT molecular complexity index is 2310. The number of nitrogen functional groups attached to an aromatic ring is 4. The van der Waals surface area contributed by atoms with Crippen LogP contribution >= 0.6 is 0 Å². The van der Waals surface area contributed by atoms with E-state index in [1.54, 1.807) is 104 Å². The van der Waals surface area contributed by atoms with Gasteiger partial charge in [-0.2, -0.15) is 0 Å². The van der Waals surface area contributed by atoms with Gasteiger partial charge in [-0.25, -0.2) is 19.2 Å². The molecule has 68 heavy (non-hydrogen) atoms. The maximum atomic E-state index is 12.6. The summed E-state index contributed by atoms with van der Waals surface area (Å²) in [5.74, 6) is -0.864. The highest BCUT2D eigenvalue weighted by Crippen LogP contribution is 2.31. The lowest BCUT2D eigenvalue weighted by molar-refractivity contribution is -0.139. The number of carbonyl (C=O) groups is 4. The number of hydrogen-bond donors (Lipinski definition) is 4. The van der Waals surface area contributed by atoms with E-state index in [4.69, 9.17) is 46.6 Å². The quantitative estimate of drug-likeness (QED) is 0.0162. The maximum absolute atomic E-state index is 12.6. The van der Waals surface area contributed by atoms with Crippen LogP contribution < -0.4 is 22.9 Å². The average Bonchev–Trinajstić information content (AvgIpc) is 3.35. The van der Waals surface area contributed by atoms with Crippen LogP contribution in [0.4, 0.5) is 22.7 Å². The van der Waals surface area contributed by atoms with Gasteiger partial charge in [0.1, 0.15) is 25.4 Å². The molecule has 0 aliphatic heterocycles. The fourth-order valence-corrected chi connectivity index (χ4v) is 8.12. The summed E-state index contributed by atoms with van der Waals surface area (Å²) in [5, 5.41) is 0. The first kappa shape index (κ1) is 52.1. The second-order valence-corrected chi connectivity index (χ2v) is 17.4. The van der Waals surface area contributed by atoms with E-state index >= 15 is 0 Å². The van der Waals surface area contributed by atoms with Crippen molar-refractivity contribution in [3.05, 3.63) is 143 Å². The fraction of sp³-hybridized carbons (Fsp3) is 0.382. The highest BCUT2D eigenvalue weighted by atomic mass is 16.6. The van der Waals surface area contributed by atoms with Crippen LogP contribution in [0.1, 0.15) is 133 Å². The third-order valence-electron chi connectivity index (χ3n) is 12.3. The minimum atomic E-state index is -0.503. The van der Waals surface area contributed by atoms with Crippen LogP contribution in [0.2, 0.25) is 0 Å². The van der Waals surface area contributed by atoms with Gasteiger partial charge in [-0.15, -0.1) is 6.58 Å². The molecule has 0 saturated heterocycles. The minimum Gasteiger partial charge on any atom is -0.459 e. The predicted molar refractivity (Wildman–Crippen MR) is 269 cm³/mol. The van der Waals surface area contributed by atoms with E-state index in [2.05, 4.69) is 6.58 Å². The van der Waals surface area contributed by atoms with Crippen molar-refractivity contribution in [2.75, 3.05) is 30.0 Å². The number of carbonyl (C=O) groups excluding carboxylic acids is 4. The Hall–Kier alpha value is -6.86. The summed E-state index contributed by atoms with van der Waals surface area (Å²) in [5.41, 5.74) is 29.2. The molecule has 0 spiro atoms. The molecule has 0 bridgehead atoms. The van der Waals surface area contributed by atoms with Gasteiger partial charge in [0.25, 0.3) is 0 Å². The first-order valence-electron chi connectivity index (χ1n) is 23.6. The van der Waals surface area contributed by atoms with Crippen LogP contribution in [0.5, 0.6) is 0 Å². The van der Waals surface area contributed by atoms with Crippen LogP contribution in [0.25, 0.3) is 12.2 Å². The first-order chi connectivity index (χ1) is 32.9. The van der Waals surface area contributed by atoms with Crippen LogP contribution in [0.15, 0.2) is 110 Å². The zero-order valence-electron chi connectivity index (χ0n) is 39.3. The molecular formula is C55H68N4O9. The number of nitrogens with two attached hydrogens (primary N) is 4. The summed E-state index contributed by atoms with van der Waals surface area (Å²) in [4.78, 5) is 49.0. The maximum Gasteiger partial charge on any atom is 0.338 e. The summed E-state index contributed by atoms with van der Waals surface area (Å²) in [6.45, 7) is 3.86. The Morgan fingerprint density at radius 1 is 0.559 bits per heavy atom. The van der Waals surface area contributed by atoms with Crippen molar-refractivity contribution in [2.24, 2.45) is 5.92 Å². The number of anilines is 4. The molecule has 0 unspecified atom stereocenters. The molecular weight excluding hydrogens is 861 g/mol. The highest BCUT2D eigenvalue weighted by molar-refractivity contribution is 5.91. The van der Waals surface area contributed by atoms with Crippen LogP contribution in [-0.2, 0) is 46.5 Å². The second kappa shape index (κ2) is 27.7. The topological polar surface area (TPSA) is 219 Å². The van der Waals surface area contributed by atoms with E-state index in [1.165, 1.54) is 44.3 Å². The molecule has 2 aliphatic rings. The molecule has 8 N–H and O–H groups in total. The van der Waals surface area contributed by atoms with Gasteiger partial charge < -0.3 is 46.6 Å². The lowest BCUT2D eigenvalue weighted by Gasteiger charge is -2.28.